The predicted octanol–water partition coefficient (Wildman–Crippen LogP) is 5.64. The summed E-state index contributed by atoms with van der Waals surface area (Å²) in [5, 5.41) is 4.09. The van der Waals surface area contributed by atoms with Crippen LogP contribution >= 0.6 is 0 Å². The lowest BCUT2D eigenvalue weighted by Crippen LogP contribution is -2.25. The fraction of sp³-hybridized carbons (Fsp3) is 0.300. The summed E-state index contributed by atoms with van der Waals surface area (Å²) in [7, 11) is 6.24. The Morgan fingerprint density at radius 1 is 0.973 bits per heavy atom. The van der Waals surface area contributed by atoms with Crippen molar-refractivity contribution in [2.75, 3.05) is 50.2 Å². The molecule has 0 aliphatic carbocycles. The van der Waals surface area contributed by atoms with Gasteiger partial charge >= 0.3 is 0 Å². The van der Waals surface area contributed by atoms with Gasteiger partial charge < -0.3 is 20.9 Å². The number of rotatable bonds is 9. The Balaban J connectivity index is 1.59. The van der Waals surface area contributed by atoms with Gasteiger partial charge in [-0.25, -0.2) is 9.97 Å². The highest BCUT2D eigenvalue weighted by Gasteiger charge is 2.15. The number of aromatic nitrogens is 2. The number of nitrogen functional groups attached to an aromatic ring is 1. The summed E-state index contributed by atoms with van der Waals surface area (Å²) >= 11 is 0. The van der Waals surface area contributed by atoms with Crippen LogP contribution in [0.4, 0.5) is 17.3 Å². The van der Waals surface area contributed by atoms with Gasteiger partial charge in [-0.1, -0.05) is 38.1 Å². The first-order valence-corrected chi connectivity index (χ1v) is 12.6. The zero-order valence-electron chi connectivity index (χ0n) is 22.3. The second kappa shape index (κ2) is 11.4. The van der Waals surface area contributed by atoms with Crippen LogP contribution in [0.3, 0.4) is 0 Å². The van der Waals surface area contributed by atoms with Gasteiger partial charge in [-0.05, 0) is 86.1 Å². The summed E-state index contributed by atoms with van der Waals surface area (Å²) < 4.78 is 0. The number of fused-ring (bicyclic) bond motifs is 1. The Kier molecular flexibility index (Phi) is 8.04. The predicted molar refractivity (Wildman–Crippen MR) is 154 cm³/mol. The second-order valence-corrected chi connectivity index (χ2v) is 10.0. The molecule has 1 aromatic heterocycles. The van der Waals surface area contributed by atoms with E-state index in [0.29, 0.717) is 11.5 Å². The Morgan fingerprint density at radius 3 is 2.51 bits per heavy atom. The molecule has 0 saturated carbocycles. The molecular formula is C30H36N6O. The van der Waals surface area contributed by atoms with E-state index in [2.05, 4.69) is 78.3 Å². The van der Waals surface area contributed by atoms with E-state index < -0.39 is 0 Å². The molecule has 7 nitrogen and oxygen atoms in total. The van der Waals surface area contributed by atoms with Gasteiger partial charge in [0.2, 0.25) is 5.95 Å². The quantitative estimate of drug-likeness (QED) is 0.312. The first-order valence-electron chi connectivity index (χ1n) is 12.6. The van der Waals surface area contributed by atoms with Crippen LogP contribution in [-0.2, 0) is 0 Å². The van der Waals surface area contributed by atoms with Gasteiger partial charge in [-0.2, -0.15) is 0 Å². The standard InChI is InChI=1S/C30H36N6O/c1-20(2)21-11-13-28(36(5)15-7-14-35(3)4)27(18-21)33-29(37)24-9-6-8-22(16-24)23-10-12-26-25(17-23)19-32-30(31)34-26/h6,8-13,16-20H,7,14-15H2,1-5H3,(H,33,37)(H2,31,32,34). The van der Waals surface area contributed by atoms with Crippen LogP contribution in [0.2, 0.25) is 0 Å². The van der Waals surface area contributed by atoms with E-state index in [1.54, 1.807) is 6.20 Å². The number of amides is 1. The summed E-state index contributed by atoms with van der Waals surface area (Å²) in [6.45, 7) is 6.23. The average molecular weight is 497 g/mol. The molecule has 0 fully saturated rings. The van der Waals surface area contributed by atoms with Crippen molar-refractivity contribution < 1.29 is 4.79 Å². The van der Waals surface area contributed by atoms with Crippen LogP contribution in [0, 0.1) is 0 Å². The Hall–Kier alpha value is -3.97. The summed E-state index contributed by atoms with van der Waals surface area (Å²) in [5.41, 5.74) is 12.1. The van der Waals surface area contributed by atoms with Crippen molar-refractivity contribution >= 4 is 34.1 Å². The lowest BCUT2D eigenvalue weighted by Gasteiger charge is -2.24. The molecule has 0 saturated heterocycles. The van der Waals surface area contributed by atoms with Crippen molar-refractivity contribution in [2.24, 2.45) is 0 Å². The molecule has 0 unspecified atom stereocenters. The van der Waals surface area contributed by atoms with Crippen LogP contribution in [0.25, 0.3) is 22.0 Å². The van der Waals surface area contributed by atoms with Crippen LogP contribution in [-0.4, -0.2) is 55.0 Å². The van der Waals surface area contributed by atoms with Crippen molar-refractivity contribution in [3.63, 3.8) is 0 Å². The smallest absolute Gasteiger partial charge is 0.255 e. The highest BCUT2D eigenvalue weighted by Crippen LogP contribution is 2.31. The Bertz CT molecular complexity index is 1400. The maximum absolute atomic E-state index is 13.4. The molecule has 3 aromatic carbocycles. The van der Waals surface area contributed by atoms with E-state index in [9.17, 15) is 4.79 Å². The van der Waals surface area contributed by atoms with E-state index in [-0.39, 0.29) is 11.9 Å². The van der Waals surface area contributed by atoms with Gasteiger partial charge in [0, 0.05) is 30.7 Å². The summed E-state index contributed by atoms with van der Waals surface area (Å²) in [5.74, 6) is 0.477. The average Bonchev–Trinajstić information content (AvgIpc) is 2.88. The first kappa shape index (κ1) is 26.1. The number of anilines is 3. The van der Waals surface area contributed by atoms with Gasteiger partial charge in [0.15, 0.2) is 0 Å². The number of nitrogens with zero attached hydrogens (tertiary/aromatic N) is 4. The molecule has 0 atom stereocenters. The first-order chi connectivity index (χ1) is 17.7. The number of hydrogen-bond donors (Lipinski definition) is 2. The highest BCUT2D eigenvalue weighted by molar-refractivity contribution is 6.06. The monoisotopic (exact) mass is 496 g/mol. The SMILES string of the molecule is CC(C)c1ccc(N(C)CCCN(C)C)c(NC(=O)c2cccc(-c3ccc4nc(N)ncc4c3)c2)c1. The van der Waals surface area contributed by atoms with Crippen LogP contribution in [0.5, 0.6) is 0 Å². The highest BCUT2D eigenvalue weighted by atomic mass is 16.1. The van der Waals surface area contributed by atoms with Gasteiger partial charge in [-0.3, -0.25) is 4.79 Å². The van der Waals surface area contributed by atoms with E-state index in [1.165, 1.54) is 5.56 Å². The minimum atomic E-state index is -0.136. The molecule has 4 aromatic rings. The zero-order chi connectivity index (χ0) is 26.5. The lowest BCUT2D eigenvalue weighted by molar-refractivity contribution is 0.102. The van der Waals surface area contributed by atoms with Crippen LogP contribution in [0.1, 0.15) is 42.1 Å². The van der Waals surface area contributed by atoms with Gasteiger partial charge in [0.05, 0.1) is 16.9 Å². The molecular weight excluding hydrogens is 460 g/mol. The molecule has 37 heavy (non-hydrogen) atoms. The Labute approximate surface area is 219 Å². The molecule has 0 aliphatic rings. The number of carbonyl (C=O) groups excluding carboxylic acids is 1. The van der Waals surface area contributed by atoms with Gasteiger partial charge in [-0.15, -0.1) is 0 Å². The van der Waals surface area contributed by atoms with E-state index in [1.807, 2.05) is 42.5 Å². The molecule has 3 N–H and O–H groups in total. The molecule has 192 valence electrons. The maximum atomic E-state index is 13.4. The molecule has 0 aliphatic heterocycles. The number of nitrogens with two attached hydrogens (primary N) is 1. The molecule has 0 radical (unpaired) electrons. The molecule has 1 amide bonds. The third kappa shape index (κ3) is 6.43. The Morgan fingerprint density at radius 2 is 1.76 bits per heavy atom. The molecule has 4 rings (SSSR count). The van der Waals surface area contributed by atoms with Crippen LogP contribution in [0.15, 0.2) is 66.9 Å². The molecule has 7 heteroatoms. The van der Waals surface area contributed by atoms with Crippen molar-refractivity contribution in [2.45, 2.75) is 26.2 Å². The summed E-state index contributed by atoms with van der Waals surface area (Å²) in [6, 6.07) is 19.9. The summed E-state index contributed by atoms with van der Waals surface area (Å²) in [4.78, 5) is 26.2. The normalized spacial score (nSPS) is 11.3. The number of nitrogens with one attached hydrogen (secondary N) is 1. The van der Waals surface area contributed by atoms with Crippen molar-refractivity contribution in [3.05, 3.63) is 78.0 Å². The van der Waals surface area contributed by atoms with Crippen molar-refractivity contribution in [1.29, 1.82) is 0 Å². The zero-order valence-corrected chi connectivity index (χ0v) is 22.3. The molecule has 1 heterocycles. The molecule has 0 spiro atoms. The van der Waals surface area contributed by atoms with Crippen molar-refractivity contribution in [3.8, 4) is 11.1 Å². The van der Waals surface area contributed by atoms with Gasteiger partial charge in [0.1, 0.15) is 0 Å². The third-order valence-electron chi connectivity index (χ3n) is 6.50. The van der Waals surface area contributed by atoms with E-state index in [0.717, 1.165) is 52.9 Å². The van der Waals surface area contributed by atoms with E-state index >= 15 is 0 Å². The van der Waals surface area contributed by atoms with Crippen LogP contribution < -0.4 is 16.0 Å². The van der Waals surface area contributed by atoms with Crippen molar-refractivity contribution in [1.82, 2.24) is 14.9 Å². The third-order valence-corrected chi connectivity index (χ3v) is 6.50. The van der Waals surface area contributed by atoms with Gasteiger partial charge in [0.25, 0.3) is 5.91 Å². The molecule has 0 bridgehead atoms. The largest absolute Gasteiger partial charge is 0.373 e. The topological polar surface area (TPSA) is 87.4 Å². The minimum Gasteiger partial charge on any atom is -0.373 e. The fourth-order valence-corrected chi connectivity index (χ4v) is 4.35. The second-order valence-electron chi connectivity index (χ2n) is 10.0. The van der Waals surface area contributed by atoms with E-state index in [4.69, 9.17) is 5.73 Å². The number of hydrogen-bond acceptors (Lipinski definition) is 6. The maximum Gasteiger partial charge on any atom is 0.255 e. The minimum absolute atomic E-state index is 0.136. The lowest BCUT2D eigenvalue weighted by atomic mass is 10.0. The number of benzene rings is 3. The summed E-state index contributed by atoms with van der Waals surface area (Å²) in [6.07, 6.45) is 2.75. The fourth-order valence-electron chi connectivity index (χ4n) is 4.35. The number of carbonyl (C=O) groups is 1.